The van der Waals surface area contributed by atoms with Crippen molar-refractivity contribution in [1.29, 1.82) is 0 Å². The third-order valence-electron chi connectivity index (χ3n) is 4.71. The van der Waals surface area contributed by atoms with Crippen molar-refractivity contribution in [2.75, 3.05) is 0 Å². The molecule has 0 unspecified atom stereocenters. The first-order valence-electron chi connectivity index (χ1n) is 8.77. The van der Waals surface area contributed by atoms with E-state index in [1.54, 1.807) is 5.57 Å². The Bertz CT molecular complexity index is 722. The molecule has 0 aromatic heterocycles. The average Bonchev–Trinajstić information content (AvgIpc) is 2.87. The van der Waals surface area contributed by atoms with Gasteiger partial charge in [-0.3, -0.25) is 0 Å². The van der Waals surface area contributed by atoms with Crippen molar-refractivity contribution in [1.82, 2.24) is 0 Å². The predicted octanol–water partition coefficient (Wildman–Crippen LogP) is 6.64. The van der Waals surface area contributed by atoms with Crippen LogP contribution in [0.3, 0.4) is 0 Å². The van der Waals surface area contributed by atoms with Crippen LogP contribution in [-0.2, 0) is 11.8 Å². The third kappa shape index (κ3) is 3.42. The molecule has 2 aromatic rings. The molecule has 0 saturated carbocycles. The van der Waals surface area contributed by atoms with Crippen LogP contribution in [0.15, 0.2) is 48.0 Å². The lowest BCUT2D eigenvalue weighted by molar-refractivity contribution is 0.590. The summed E-state index contributed by atoms with van der Waals surface area (Å²) in [6, 6.07) is 15.9. The molecule has 23 heavy (non-hydrogen) atoms. The molecular formula is C23H28. The van der Waals surface area contributed by atoms with E-state index in [-0.39, 0.29) is 5.41 Å². The first-order chi connectivity index (χ1) is 10.8. The Balaban J connectivity index is 1.92. The van der Waals surface area contributed by atoms with E-state index in [0.717, 1.165) is 12.3 Å². The highest BCUT2D eigenvalue weighted by Crippen LogP contribution is 2.36. The SMILES string of the molecule is CC(C)CC1=Cc2cccc(-c3ccc(C(C)(C)C)cc3)c2C1. The second-order valence-corrected chi connectivity index (χ2v) is 8.28. The number of allylic oxidation sites excluding steroid dienone is 1. The maximum atomic E-state index is 2.41. The molecule has 0 nitrogen and oxygen atoms in total. The van der Waals surface area contributed by atoms with E-state index in [2.05, 4.69) is 83.2 Å². The van der Waals surface area contributed by atoms with Crippen LogP contribution in [-0.4, -0.2) is 0 Å². The molecule has 0 spiro atoms. The van der Waals surface area contributed by atoms with Crippen LogP contribution in [0.5, 0.6) is 0 Å². The molecule has 0 bridgehead atoms. The van der Waals surface area contributed by atoms with Crippen LogP contribution >= 0.6 is 0 Å². The van der Waals surface area contributed by atoms with Crippen LogP contribution in [0, 0.1) is 5.92 Å². The van der Waals surface area contributed by atoms with Gasteiger partial charge in [0.05, 0.1) is 0 Å². The molecule has 0 N–H and O–H groups in total. The number of hydrogen-bond donors (Lipinski definition) is 0. The van der Waals surface area contributed by atoms with E-state index >= 15 is 0 Å². The zero-order valence-electron chi connectivity index (χ0n) is 15.1. The maximum Gasteiger partial charge on any atom is -0.00516 e. The third-order valence-corrected chi connectivity index (χ3v) is 4.71. The van der Waals surface area contributed by atoms with Crippen LogP contribution in [0.4, 0.5) is 0 Å². The normalized spacial score (nSPS) is 14.1. The Morgan fingerprint density at radius 2 is 1.65 bits per heavy atom. The summed E-state index contributed by atoms with van der Waals surface area (Å²) in [5.74, 6) is 0.727. The van der Waals surface area contributed by atoms with Gasteiger partial charge in [-0.25, -0.2) is 0 Å². The molecule has 0 heterocycles. The number of hydrogen-bond acceptors (Lipinski definition) is 0. The summed E-state index contributed by atoms with van der Waals surface area (Å²) in [5.41, 5.74) is 8.85. The summed E-state index contributed by atoms with van der Waals surface area (Å²) in [6.07, 6.45) is 4.73. The van der Waals surface area contributed by atoms with Crippen molar-refractivity contribution >= 4 is 6.08 Å². The summed E-state index contributed by atoms with van der Waals surface area (Å²) >= 11 is 0. The van der Waals surface area contributed by atoms with Crippen molar-refractivity contribution in [3.8, 4) is 11.1 Å². The van der Waals surface area contributed by atoms with Gasteiger partial charge in [0.15, 0.2) is 0 Å². The molecule has 1 aliphatic rings. The molecule has 0 saturated heterocycles. The fraction of sp³-hybridized carbons (Fsp3) is 0.391. The van der Waals surface area contributed by atoms with Crippen molar-refractivity contribution in [2.45, 2.75) is 52.9 Å². The minimum Gasteiger partial charge on any atom is -0.0649 e. The summed E-state index contributed by atoms with van der Waals surface area (Å²) in [7, 11) is 0. The van der Waals surface area contributed by atoms with Gasteiger partial charge in [0.2, 0.25) is 0 Å². The fourth-order valence-corrected chi connectivity index (χ4v) is 3.51. The quantitative estimate of drug-likeness (QED) is 0.596. The smallest absolute Gasteiger partial charge is 0.00516 e. The van der Waals surface area contributed by atoms with E-state index in [4.69, 9.17) is 0 Å². The number of benzene rings is 2. The summed E-state index contributed by atoms with van der Waals surface area (Å²) in [4.78, 5) is 0. The van der Waals surface area contributed by atoms with Crippen molar-refractivity contribution in [3.05, 3.63) is 64.7 Å². The molecule has 1 aliphatic carbocycles. The molecular weight excluding hydrogens is 276 g/mol. The van der Waals surface area contributed by atoms with Gasteiger partial charge in [0.25, 0.3) is 0 Å². The van der Waals surface area contributed by atoms with Gasteiger partial charge in [-0.1, -0.05) is 88.7 Å². The van der Waals surface area contributed by atoms with Gasteiger partial charge >= 0.3 is 0 Å². The maximum absolute atomic E-state index is 2.41. The largest absolute Gasteiger partial charge is 0.0649 e. The fourth-order valence-electron chi connectivity index (χ4n) is 3.51. The summed E-state index contributed by atoms with van der Waals surface area (Å²) in [6.45, 7) is 11.4. The Morgan fingerprint density at radius 1 is 0.957 bits per heavy atom. The minimum atomic E-state index is 0.211. The first kappa shape index (κ1) is 16.1. The highest BCUT2D eigenvalue weighted by Gasteiger charge is 2.18. The molecule has 0 radical (unpaired) electrons. The summed E-state index contributed by atoms with van der Waals surface area (Å²) in [5, 5.41) is 0. The zero-order chi connectivity index (χ0) is 16.6. The standard InChI is InChI=1S/C23H28/c1-16(2)13-17-14-19-7-6-8-21(22(19)15-17)18-9-11-20(12-10-18)23(3,4)5/h6-12,14,16H,13,15H2,1-5H3. The summed E-state index contributed by atoms with van der Waals surface area (Å²) < 4.78 is 0. The van der Waals surface area contributed by atoms with Gasteiger partial charge in [0.1, 0.15) is 0 Å². The van der Waals surface area contributed by atoms with E-state index in [0.29, 0.717) is 0 Å². The molecule has 2 aromatic carbocycles. The van der Waals surface area contributed by atoms with Gasteiger partial charge in [0, 0.05) is 0 Å². The molecule has 0 aliphatic heterocycles. The van der Waals surface area contributed by atoms with Crippen LogP contribution in [0.25, 0.3) is 17.2 Å². The lowest BCUT2D eigenvalue weighted by Crippen LogP contribution is -2.10. The van der Waals surface area contributed by atoms with Crippen LogP contribution < -0.4 is 0 Å². The highest BCUT2D eigenvalue weighted by molar-refractivity contribution is 5.77. The second kappa shape index (κ2) is 6.00. The van der Waals surface area contributed by atoms with Crippen LogP contribution in [0.2, 0.25) is 0 Å². The molecule has 0 heteroatoms. The van der Waals surface area contributed by atoms with E-state index in [9.17, 15) is 0 Å². The Kier molecular flexibility index (Phi) is 4.19. The van der Waals surface area contributed by atoms with Gasteiger partial charge in [-0.05, 0) is 52.0 Å². The lowest BCUT2D eigenvalue weighted by atomic mass is 9.85. The molecule has 120 valence electrons. The molecule has 0 fully saturated rings. The molecule has 3 rings (SSSR count). The monoisotopic (exact) mass is 304 g/mol. The lowest BCUT2D eigenvalue weighted by Gasteiger charge is -2.19. The zero-order valence-corrected chi connectivity index (χ0v) is 15.1. The van der Waals surface area contributed by atoms with E-state index in [1.807, 2.05) is 0 Å². The predicted molar refractivity (Wildman–Crippen MR) is 102 cm³/mol. The van der Waals surface area contributed by atoms with Crippen molar-refractivity contribution < 1.29 is 0 Å². The second-order valence-electron chi connectivity index (χ2n) is 8.28. The minimum absolute atomic E-state index is 0.211. The number of rotatable bonds is 3. The number of fused-ring (bicyclic) bond motifs is 1. The Morgan fingerprint density at radius 3 is 2.26 bits per heavy atom. The van der Waals surface area contributed by atoms with E-state index < -0.39 is 0 Å². The Labute approximate surface area is 141 Å². The average molecular weight is 304 g/mol. The van der Waals surface area contributed by atoms with Crippen molar-refractivity contribution in [2.24, 2.45) is 5.92 Å². The van der Waals surface area contributed by atoms with Gasteiger partial charge in [-0.15, -0.1) is 0 Å². The van der Waals surface area contributed by atoms with Crippen LogP contribution in [0.1, 0.15) is 57.7 Å². The van der Waals surface area contributed by atoms with Gasteiger partial charge in [-0.2, -0.15) is 0 Å². The van der Waals surface area contributed by atoms with E-state index in [1.165, 1.54) is 34.2 Å². The molecule has 0 atom stereocenters. The molecule has 0 amide bonds. The first-order valence-corrected chi connectivity index (χ1v) is 8.77. The Hall–Kier alpha value is -1.82. The highest BCUT2D eigenvalue weighted by atomic mass is 14.2. The van der Waals surface area contributed by atoms with Gasteiger partial charge < -0.3 is 0 Å². The van der Waals surface area contributed by atoms with Crippen molar-refractivity contribution in [3.63, 3.8) is 0 Å². The topological polar surface area (TPSA) is 0 Å².